The first kappa shape index (κ1) is 22.6. The van der Waals surface area contributed by atoms with Crippen molar-refractivity contribution in [3.8, 4) is 11.1 Å². The minimum atomic E-state index is -0.924. The van der Waals surface area contributed by atoms with Crippen LogP contribution < -0.4 is 5.32 Å². The fourth-order valence-electron chi connectivity index (χ4n) is 4.91. The molecule has 180 valence electrons. The number of carboxylic acids is 1. The molecule has 2 amide bonds. The van der Waals surface area contributed by atoms with Crippen LogP contribution in [0, 0.1) is 5.92 Å². The second kappa shape index (κ2) is 9.25. The van der Waals surface area contributed by atoms with Crippen LogP contribution in [0.3, 0.4) is 0 Å². The Morgan fingerprint density at radius 2 is 1.74 bits per heavy atom. The smallest absolute Gasteiger partial charge is 0.414 e. The van der Waals surface area contributed by atoms with Crippen LogP contribution >= 0.6 is 0 Å². The first-order chi connectivity index (χ1) is 16.9. The molecule has 1 fully saturated rings. The van der Waals surface area contributed by atoms with Crippen LogP contribution in [0.1, 0.15) is 47.3 Å². The first-order valence-corrected chi connectivity index (χ1v) is 11.5. The normalized spacial score (nSPS) is 19.1. The van der Waals surface area contributed by atoms with Gasteiger partial charge in [0.1, 0.15) is 6.61 Å². The molecule has 2 atom stereocenters. The highest BCUT2D eigenvalue weighted by Crippen LogP contribution is 2.44. The van der Waals surface area contributed by atoms with E-state index in [1.54, 1.807) is 0 Å². The number of aromatic nitrogens is 1. The Kier molecular flexibility index (Phi) is 5.98. The number of hydrogen-bond donors (Lipinski definition) is 2. The van der Waals surface area contributed by atoms with Gasteiger partial charge < -0.3 is 19.3 Å². The summed E-state index contributed by atoms with van der Waals surface area (Å²) in [5.74, 6) is -2.08. The summed E-state index contributed by atoms with van der Waals surface area (Å²) in [7, 11) is 0. The molecule has 0 radical (unpaired) electrons. The van der Waals surface area contributed by atoms with E-state index in [0.717, 1.165) is 22.3 Å². The Morgan fingerprint density at radius 1 is 1.09 bits per heavy atom. The third-order valence-corrected chi connectivity index (χ3v) is 6.79. The zero-order valence-electron chi connectivity index (χ0n) is 19.1. The molecule has 1 aliphatic carbocycles. The molecule has 1 aromatic heterocycles. The molecule has 2 aliphatic rings. The number of fused-ring (bicyclic) bond motifs is 3. The number of carboxylic acid groups (broad SMARTS) is 1. The summed E-state index contributed by atoms with van der Waals surface area (Å²) >= 11 is 0. The number of nitrogens with one attached hydrogen (secondary N) is 1. The standard InChI is InChI=1S/C26H25N3O6/c1-15-10-11-16(25(31)32)13-29(15)24(30)22-12-23(35-28-22)27-26(33)34-14-21-19-8-4-2-6-17(19)18-7-3-5-9-20(18)21/h2-9,12,15-16,21H,10-11,13-14H2,1H3,(H,27,33)(H,31,32). The fraction of sp³-hybridized carbons (Fsp3) is 0.308. The molecule has 5 rings (SSSR count). The molecular formula is C26H25N3O6. The second-order valence-electron chi connectivity index (χ2n) is 8.95. The van der Waals surface area contributed by atoms with Crippen molar-refractivity contribution < 1.29 is 28.8 Å². The average Bonchev–Trinajstić information content (AvgIpc) is 3.45. The summed E-state index contributed by atoms with van der Waals surface area (Å²) in [4.78, 5) is 38.2. The van der Waals surface area contributed by atoms with E-state index >= 15 is 0 Å². The number of carbonyl (C=O) groups excluding carboxylic acids is 2. The molecule has 1 aliphatic heterocycles. The van der Waals surface area contributed by atoms with Crippen molar-refractivity contribution in [2.24, 2.45) is 5.92 Å². The summed E-state index contributed by atoms with van der Waals surface area (Å²) in [6, 6.07) is 17.3. The van der Waals surface area contributed by atoms with Crippen molar-refractivity contribution in [1.29, 1.82) is 0 Å². The van der Waals surface area contributed by atoms with E-state index < -0.39 is 23.9 Å². The molecule has 2 heterocycles. The van der Waals surface area contributed by atoms with Gasteiger partial charge in [0.2, 0.25) is 5.88 Å². The minimum absolute atomic E-state index is 0.00293. The van der Waals surface area contributed by atoms with Gasteiger partial charge in [0, 0.05) is 24.6 Å². The quantitative estimate of drug-likeness (QED) is 0.562. The predicted octanol–water partition coefficient (Wildman–Crippen LogP) is 4.36. The molecular weight excluding hydrogens is 450 g/mol. The highest BCUT2D eigenvalue weighted by atomic mass is 16.6. The van der Waals surface area contributed by atoms with Gasteiger partial charge in [-0.3, -0.25) is 14.9 Å². The van der Waals surface area contributed by atoms with Crippen LogP contribution in [0.5, 0.6) is 0 Å². The number of anilines is 1. The van der Waals surface area contributed by atoms with Crippen molar-refractivity contribution in [3.63, 3.8) is 0 Å². The molecule has 9 nitrogen and oxygen atoms in total. The van der Waals surface area contributed by atoms with E-state index in [-0.39, 0.29) is 36.7 Å². The highest BCUT2D eigenvalue weighted by Gasteiger charge is 2.34. The Hall–Kier alpha value is -4.14. The number of piperidine rings is 1. The highest BCUT2D eigenvalue weighted by molar-refractivity contribution is 5.94. The van der Waals surface area contributed by atoms with Gasteiger partial charge in [0.15, 0.2) is 5.69 Å². The van der Waals surface area contributed by atoms with E-state index in [1.807, 2.05) is 43.3 Å². The van der Waals surface area contributed by atoms with E-state index in [2.05, 4.69) is 22.6 Å². The van der Waals surface area contributed by atoms with Gasteiger partial charge in [0.05, 0.1) is 5.92 Å². The fourth-order valence-corrected chi connectivity index (χ4v) is 4.91. The lowest BCUT2D eigenvalue weighted by Gasteiger charge is -2.35. The third kappa shape index (κ3) is 4.37. The lowest BCUT2D eigenvalue weighted by atomic mass is 9.93. The number of ether oxygens (including phenoxy) is 1. The molecule has 0 spiro atoms. The number of hydrogen-bond acceptors (Lipinski definition) is 6. The third-order valence-electron chi connectivity index (χ3n) is 6.79. The van der Waals surface area contributed by atoms with E-state index in [9.17, 15) is 19.5 Å². The van der Waals surface area contributed by atoms with Crippen LogP contribution in [0.2, 0.25) is 0 Å². The molecule has 2 unspecified atom stereocenters. The largest absolute Gasteiger partial charge is 0.481 e. The van der Waals surface area contributed by atoms with Crippen LogP contribution in [0.4, 0.5) is 10.7 Å². The number of likely N-dealkylation sites (tertiary alicyclic amines) is 1. The molecule has 0 saturated carbocycles. The summed E-state index contributed by atoms with van der Waals surface area (Å²) in [5.41, 5.74) is 4.46. The Morgan fingerprint density at radius 3 is 2.40 bits per heavy atom. The summed E-state index contributed by atoms with van der Waals surface area (Å²) in [6.07, 6.45) is 0.387. The van der Waals surface area contributed by atoms with Crippen molar-refractivity contribution in [3.05, 3.63) is 71.4 Å². The van der Waals surface area contributed by atoms with Crippen LogP contribution in [-0.2, 0) is 9.53 Å². The molecule has 35 heavy (non-hydrogen) atoms. The van der Waals surface area contributed by atoms with Gasteiger partial charge in [-0.25, -0.2) is 4.79 Å². The zero-order valence-corrected chi connectivity index (χ0v) is 19.1. The molecule has 0 bridgehead atoms. The van der Waals surface area contributed by atoms with Crippen LogP contribution in [0.25, 0.3) is 11.1 Å². The van der Waals surface area contributed by atoms with Gasteiger partial charge in [-0.05, 0) is 42.0 Å². The Balaban J connectivity index is 1.22. The van der Waals surface area contributed by atoms with Crippen molar-refractivity contribution >= 4 is 23.9 Å². The van der Waals surface area contributed by atoms with E-state index in [0.29, 0.717) is 12.8 Å². The van der Waals surface area contributed by atoms with Gasteiger partial charge >= 0.3 is 12.1 Å². The second-order valence-corrected chi connectivity index (χ2v) is 8.95. The predicted molar refractivity (Wildman–Crippen MR) is 126 cm³/mol. The summed E-state index contributed by atoms with van der Waals surface area (Å²) < 4.78 is 10.6. The number of nitrogens with zero attached hydrogens (tertiary/aromatic N) is 2. The number of carbonyl (C=O) groups is 3. The van der Waals surface area contributed by atoms with Crippen molar-refractivity contribution in [2.45, 2.75) is 31.7 Å². The van der Waals surface area contributed by atoms with Crippen molar-refractivity contribution in [1.82, 2.24) is 10.1 Å². The summed E-state index contributed by atoms with van der Waals surface area (Å²) in [5, 5.41) is 15.5. The number of amides is 2. The first-order valence-electron chi connectivity index (χ1n) is 11.5. The minimum Gasteiger partial charge on any atom is -0.481 e. The molecule has 2 N–H and O–H groups in total. The topological polar surface area (TPSA) is 122 Å². The number of aliphatic carboxylic acids is 1. The number of rotatable bonds is 5. The molecule has 2 aromatic carbocycles. The van der Waals surface area contributed by atoms with E-state index in [4.69, 9.17) is 9.26 Å². The van der Waals surface area contributed by atoms with Gasteiger partial charge in [-0.2, -0.15) is 0 Å². The molecule has 9 heteroatoms. The Bertz CT molecular complexity index is 1240. The monoisotopic (exact) mass is 475 g/mol. The van der Waals surface area contributed by atoms with Gasteiger partial charge in [0.25, 0.3) is 5.91 Å². The van der Waals surface area contributed by atoms with E-state index in [1.165, 1.54) is 11.0 Å². The van der Waals surface area contributed by atoms with Crippen LogP contribution in [0.15, 0.2) is 59.1 Å². The maximum Gasteiger partial charge on any atom is 0.414 e. The maximum atomic E-state index is 12.9. The van der Waals surface area contributed by atoms with Crippen LogP contribution in [-0.4, -0.2) is 52.3 Å². The van der Waals surface area contributed by atoms with Gasteiger partial charge in [-0.15, -0.1) is 0 Å². The number of benzene rings is 2. The SMILES string of the molecule is CC1CCC(C(=O)O)CN1C(=O)c1cc(NC(=O)OCC2c3ccccc3-c3ccccc32)on1. The molecule has 3 aromatic rings. The average molecular weight is 476 g/mol. The maximum absolute atomic E-state index is 12.9. The summed E-state index contributed by atoms with van der Waals surface area (Å²) in [6.45, 7) is 2.12. The lowest BCUT2D eigenvalue weighted by Crippen LogP contribution is -2.47. The molecule has 1 saturated heterocycles. The Labute approximate surface area is 201 Å². The zero-order chi connectivity index (χ0) is 24.5. The van der Waals surface area contributed by atoms with Gasteiger partial charge in [-0.1, -0.05) is 53.7 Å². The van der Waals surface area contributed by atoms with Crippen molar-refractivity contribution in [2.75, 3.05) is 18.5 Å². The lowest BCUT2D eigenvalue weighted by molar-refractivity contribution is -0.143.